The summed E-state index contributed by atoms with van der Waals surface area (Å²) in [5.74, 6) is 1.18. The topological polar surface area (TPSA) is 90.3 Å². The van der Waals surface area contributed by atoms with Gasteiger partial charge in [0.2, 0.25) is 0 Å². The second-order valence-corrected chi connectivity index (χ2v) is 9.60. The molecule has 0 saturated carbocycles. The predicted octanol–water partition coefficient (Wildman–Crippen LogP) is 4.43. The van der Waals surface area contributed by atoms with Crippen LogP contribution in [0, 0.1) is 27.7 Å². The molecule has 4 rings (SSSR count). The van der Waals surface area contributed by atoms with Crippen LogP contribution in [0.4, 0.5) is 5.69 Å². The molecule has 0 aliphatic heterocycles. The van der Waals surface area contributed by atoms with Gasteiger partial charge in [0, 0.05) is 0 Å². The van der Waals surface area contributed by atoms with E-state index in [2.05, 4.69) is 9.71 Å². The van der Waals surface area contributed by atoms with E-state index in [1.807, 2.05) is 19.9 Å². The number of sulfonamides is 1. The maximum atomic E-state index is 13.3. The highest BCUT2D eigenvalue weighted by Gasteiger charge is 2.22. The molecule has 8 heteroatoms. The summed E-state index contributed by atoms with van der Waals surface area (Å²) in [5.41, 5.74) is 3.40. The average Bonchev–Trinajstić information content (AvgIpc) is 2.76. The lowest BCUT2D eigenvalue weighted by atomic mass is 10.1. The minimum Gasteiger partial charge on any atom is -0.496 e. The van der Waals surface area contributed by atoms with E-state index in [0.29, 0.717) is 39.4 Å². The first kappa shape index (κ1) is 22.5. The molecule has 0 aliphatic carbocycles. The number of nitrogens with one attached hydrogen (secondary N) is 1. The third-order valence-electron chi connectivity index (χ3n) is 5.77. The molecule has 0 spiro atoms. The number of rotatable bonds is 5. The molecule has 33 heavy (non-hydrogen) atoms. The van der Waals surface area contributed by atoms with Crippen LogP contribution in [0.3, 0.4) is 0 Å². The van der Waals surface area contributed by atoms with Crippen molar-refractivity contribution in [3.8, 4) is 11.4 Å². The maximum absolute atomic E-state index is 13.3. The molecule has 4 aromatic rings. The summed E-state index contributed by atoms with van der Waals surface area (Å²) >= 11 is 0. The number of ether oxygens (including phenoxy) is 1. The molecule has 0 atom stereocenters. The Morgan fingerprint density at radius 1 is 0.939 bits per heavy atom. The Balaban J connectivity index is 1.78. The van der Waals surface area contributed by atoms with E-state index in [9.17, 15) is 13.2 Å². The molecule has 0 unspecified atom stereocenters. The first-order valence-corrected chi connectivity index (χ1v) is 11.9. The number of para-hydroxylation sites is 1. The van der Waals surface area contributed by atoms with E-state index in [-0.39, 0.29) is 10.5 Å². The normalized spacial score (nSPS) is 11.5. The van der Waals surface area contributed by atoms with Crippen molar-refractivity contribution in [2.75, 3.05) is 11.8 Å². The molecular formula is C25H25N3O4S. The van der Waals surface area contributed by atoms with E-state index >= 15 is 0 Å². The van der Waals surface area contributed by atoms with Gasteiger partial charge in [0.05, 0.1) is 34.3 Å². The molecule has 1 heterocycles. The number of hydrogen-bond donors (Lipinski definition) is 1. The summed E-state index contributed by atoms with van der Waals surface area (Å²) in [6, 6.07) is 15.5. The third kappa shape index (κ3) is 3.98. The van der Waals surface area contributed by atoms with E-state index < -0.39 is 10.0 Å². The first-order valence-electron chi connectivity index (χ1n) is 10.4. The molecule has 0 aliphatic rings. The summed E-state index contributed by atoms with van der Waals surface area (Å²) in [7, 11) is -2.31. The lowest BCUT2D eigenvalue weighted by molar-refractivity contribution is 0.407. The minimum absolute atomic E-state index is 0.185. The van der Waals surface area contributed by atoms with Gasteiger partial charge in [-0.1, -0.05) is 18.2 Å². The van der Waals surface area contributed by atoms with Crippen LogP contribution in [-0.4, -0.2) is 25.1 Å². The molecule has 1 N–H and O–H groups in total. The van der Waals surface area contributed by atoms with Crippen molar-refractivity contribution in [3.05, 3.63) is 87.5 Å². The highest BCUT2D eigenvalue weighted by molar-refractivity contribution is 7.92. The highest BCUT2D eigenvalue weighted by Crippen LogP contribution is 2.32. The van der Waals surface area contributed by atoms with Crippen LogP contribution in [0.2, 0.25) is 0 Å². The van der Waals surface area contributed by atoms with Gasteiger partial charge in [-0.3, -0.25) is 14.1 Å². The summed E-state index contributed by atoms with van der Waals surface area (Å²) < 4.78 is 36.0. The monoisotopic (exact) mass is 463 g/mol. The van der Waals surface area contributed by atoms with Gasteiger partial charge in [-0.25, -0.2) is 13.4 Å². The van der Waals surface area contributed by atoms with Crippen molar-refractivity contribution in [2.45, 2.75) is 32.6 Å². The van der Waals surface area contributed by atoms with Gasteiger partial charge in [-0.15, -0.1) is 0 Å². The van der Waals surface area contributed by atoms with Crippen LogP contribution in [0.25, 0.3) is 16.6 Å². The maximum Gasteiger partial charge on any atom is 0.265 e. The quantitative estimate of drug-likeness (QED) is 0.473. The zero-order valence-electron chi connectivity index (χ0n) is 19.1. The predicted molar refractivity (Wildman–Crippen MR) is 130 cm³/mol. The lowest BCUT2D eigenvalue weighted by Crippen LogP contribution is -2.22. The number of aryl methyl sites for hydroxylation is 2. The van der Waals surface area contributed by atoms with Gasteiger partial charge < -0.3 is 4.74 Å². The number of fused-ring (bicyclic) bond motifs is 1. The molecular weight excluding hydrogens is 438 g/mol. The lowest BCUT2D eigenvalue weighted by Gasteiger charge is -2.17. The van der Waals surface area contributed by atoms with Crippen molar-refractivity contribution >= 4 is 26.6 Å². The molecule has 0 bridgehead atoms. The minimum atomic E-state index is -3.88. The Bertz CT molecular complexity index is 1560. The molecule has 7 nitrogen and oxygen atoms in total. The number of hydrogen-bond acceptors (Lipinski definition) is 5. The number of nitrogens with zero attached hydrogens (tertiary/aromatic N) is 2. The van der Waals surface area contributed by atoms with Crippen LogP contribution in [-0.2, 0) is 10.0 Å². The average molecular weight is 464 g/mol. The molecule has 0 fully saturated rings. The number of anilines is 1. The van der Waals surface area contributed by atoms with Crippen LogP contribution < -0.4 is 15.0 Å². The van der Waals surface area contributed by atoms with Crippen molar-refractivity contribution in [2.24, 2.45) is 0 Å². The van der Waals surface area contributed by atoms with E-state index in [4.69, 9.17) is 4.74 Å². The Morgan fingerprint density at radius 3 is 2.39 bits per heavy atom. The molecule has 0 radical (unpaired) electrons. The Labute approximate surface area is 192 Å². The highest BCUT2D eigenvalue weighted by atomic mass is 32.2. The SMILES string of the molecule is COc1c(C)cc(S(=O)(=O)Nc2cccc(-n3c(C)nc4ccccc4c3=O)c2)c(C)c1C. The fraction of sp³-hybridized carbons (Fsp3) is 0.200. The van der Waals surface area contributed by atoms with Crippen LogP contribution in [0.5, 0.6) is 5.75 Å². The third-order valence-corrected chi connectivity index (χ3v) is 7.28. The van der Waals surface area contributed by atoms with E-state index in [0.717, 1.165) is 11.1 Å². The Kier molecular flexibility index (Phi) is 5.71. The van der Waals surface area contributed by atoms with E-state index in [1.165, 1.54) is 4.57 Å². The fourth-order valence-electron chi connectivity index (χ4n) is 4.08. The fourth-order valence-corrected chi connectivity index (χ4v) is 5.52. The molecule has 3 aromatic carbocycles. The van der Waals surface area contributed by atoms with Crippen LogP contribution in [0.1, 0.15) is 22.5 Å². The largest absolute Gasteiger partial charge is 0.496 e. The summed E-state index contributed by atoms with van der Waals surface area (Å²) in [5, 5.41) is 0.494. The zero-order chi connectivity index (χ0) is 23.9. The molecule has 0 amide bonds. The molecule has 170 valence electrons. The smallest absolute Gasteiger partial charge is 0.265 e. The summed E-state index contributed by atoms with van der Waals surface area (Å²) in [4.78, 5) is 17.8. The summed E-state index contributed by atoms with van der Waals surface area (Å²) in [6.45, 7) is 7.15. The Morgan fingerprint density at radius 2 is 1.67 bits per heavy atom. The van der Waals surface area contributed by atoms with Crippen LogP contribution >= 0.6 is 0 Å². The Hall–Kier alpha value is -3.65. The van der Waals surface area contributed by atoms with Crippen molar-refractivity contribution in [3.63, 3.8) is 0 Å². The van der Waals surface area contributed by atoms with Gasteiger partial charge in [0.25, 0.3) is 15.6 Å². The van der Waals surface area contributed by atoms with Crippen molar-refractivity contribution < 1.29 is 13.2 Å². The standard InChI is InChI=1S/C25H25N3O4S/c1-15-13-23(16(2)17(3)24(15)32-5)33(30,31)27-19-9-8-10-20(14-19)28-18(4)26-22-12-7-6-11-21(22)25(28)29/h6-14,27H,1-5H3. The van der Waals surface area contributed by atoms with Gasteiger partial charge in [0.1, 0.15) is 11.6 Å². The van der Waals surface area contributed by atoms with Gasteiger partial charge >= 0.3 is 0 Å². The van der Waals surface area contributed by atoms with Gasteiger partial charge in [-0.2, -0.15) is 0 Å². The number of aromatic nitrogens is 2. The van der Waals surface area contributed by atoms with Gasteiger partial charge in [-0.05, 0) is 80.8 Å². The first-order chi connectivity index (χ1) is 15.6. The van der Waals surface area contributed by atoms with Crippen molar-refractivity contribution in [1.29, 1.82) is 0 Å². The van der Waals surface area contributed by atoms with E-state index in [1.54, 1.807) is 69.5 Å². The van der Waals surface area contributed by atoms with Crippen molar-refractivity contribution in [1.82, 2.24) is 9.55 Å². The summed E-state index contributed by atoms with van der Waals surface area (Å²) in [6.07, 6.45) is 0. The number of methoxy groups -OCH3 is 1. The van der Waals surface area contributed by atoms with Crippen LogP contribution in [0.15, 0.2) is 64.3 Å². The van der Waals surface area contributed by atoms with Gasteiger partial charge in [0.15, 0.2) is 0 Å². The zero-order valence-corrected chi connectivity index (χ0v) is 19.9. The molecule has 1 aromatic heterocycles. The number of benzene rings is 3. The second-order valence-electron chi connectivity index (χ2n) is 7.95. The second kappa shape index (κ2) is 8.37. The molecule has 0 saturated heterocycles.